The van der Waals surface area contributed by atoms with Crippen LogP contribution < -0.4 is 0 Å². The Balaban J connectivity index is -0.0000000512. The normalized spacial score (nSPS) is 6.85. The summed E-state index contributed by atoms with van der Waals surface area (Å²) in [7, 11) is 0. The van der Waals surface area contributed by atoms with Crippen LogP contribution in [-0.2, 0) is 26.7 Å². The Morgan fingerprint density at radius 1 is 0.750 bits per heavy atom. The van der Waals surface area contributed by atoms with Crippen molar-refractivity contribution >= 4 is 79.9 Å². The molecule has 2 radical (unpaired) electrons. The topological polar surface area (TPSA) is 39.8 Å². The number of halogens is 6. The van der Waals surface area contributed by atoms with E-state index in [0.717, 1.165) is 0 Å². The zero-order valence-electron chi connectivity index (χ0n) is 9.88. The minimum absolute atomic E-state index is 0. The second kappa shape index (κ2) is 32.4. The van der Waals surface area contributed by atoms with Gasteiger partial charge in [-0.15, -0.1) is 66.5 Å². The molecule has 0 atom stereocenters. The van der Waals surface area contributed by atoms with E-state index >= 15 is 0 Å². The quantitative estimate of drug-likeness (QED) is 0.215. The Morgan fingerprint density at radius 3 is 1.05 bits per heavy atom. The van der Waals surface area contributed by atoms with Crippen molar-refractivity contribution in [3.05, 3.63) is 49.2 Å². The van der Waals surface area contributed by atoms with Gasteiger partial charge in [0, 0.05) is 0 Å². The van der Waals surface area contributed by atoms with Crippen LogP contribution in [0.2, 0.25) is 0 Å². The van der Waals surface area contributed by atoms with Crippen LogP contribution in [0.15, 0.2) is 30.3 Å². The monoisotopic (exact) mass is 466 g/mol. The van der Waals surface area contributed by atoms with Gasteiger partial charge in [-0.1, -0.05) is 35.9 Å². The van der Waals surface area contributed by atoms with Crippen LogP contribution >= 0.6 is 66.5 Å². The minimum atomic E-state index is -1.46. The molecule has 0 aromatic heterocycles. The number of hydrogen-bond donors (Lipinski definition) is 0. The Kier molecular flexibility index (Phi) is 53.6. The molecule has 1 rings (SSSR count). The molecule has 1 aromatic carbocycles. The fourth-order valence-corrected chi connectivity index (χ4v) is 0.534. The van der Waals surface area contributed by atoms with Crippen molar-refractivity contribution in [1.82, 2.24) is 0 Å². The molecule has 11 heteroatoms. The second-order valence-electron chi connectivity index (χ2n) is 2.08. The molecule has 0 amide bonds. The van der Waals surface area contributed by atoms with E-state index in [0.29, 0.717) is 0 Å². The van der Waals surface area contributed by atoms with Crippen molar-refractivity contribution < 1.29 is 26.7 Å². The van der Waals surface area contributed by atoms with Crippen molar-refractivity contribution in [1.29, 1.82) is 0 Å². The third-order valence-electron chi connectivity index (χ3n) is 0.940. The van der Waals surface area contributed by atoms with E-state index in [1.807, 2.05) is 18.2 Å². The van der Waals surface area contributed by atoms with Gasteiger partial charge < -0.3 is 0 Å². The first-order valence-corrected chi connectivity index (χ1v) is 13.0. The molecule has 0 aliphatic carbocycles. The molecule has 0 unspecified atom stereocenters. The summed E-state index contributed by atoms with van der Waals surface area (Å²) in [6.45, 7) is 8.16. The molecule has 0 aliphatic rings. The third kappa shape index (κ3) is 74.3. The fourth-order valence-electron chi connectivity index (χ4n) is 0.534. The van der Waals surface area contributed by atoms with Crippen molar-refractivity contribution in [2.45, 2.75) is 6.92 Å². The summed E-state index contributed by atoms with van der Waals surface area (Å²) in [5.74, 6) is 0. The van der Waals surface area contributed by atoms with Crippen LogP contribution in [0.1, 0.15) is 5.56 Å². The van der Waals surface area contributed by atoms with Gasteiger partial charge >= 0.3 is 53.4 Å². The summed E-state index contributed by atoms with van der Waals surface area (Å²) in [6.07, 6.45) is 0. The molecule has 0 saturated carbocycles. The van der Waals surface area contributed by atoms with E-state index < -0.39 is 13.5 Å². The van der Waals surface area contributed by atoms with Crippen molar-refractivity contribution in [3.63, 3.8) is 0 Å². The number of hydrogen-bond acceptors (Lipinski definition) is 0. The Labute approximate surface area is 161 Å². The Hall–Kier alpha value is 1.41. The Morgan fingerprint density at radius 2 is 0.950 bits per heavy atom. The molecule has 0 heterocycles. The predicted molar refractivity (Wildman–Crippen MR) is 85.7 cm³/mol. The summed E-state index contributed by atoms with van der Waals surface area (Å²) in [6, 6.07) is 10.3. The molecule has 1 aromatic rings. The molecule has 106 valence electrons. The van der Waals surface area contributed by atoms with Gasteiger partial charge in [-0.2, -0.15) is 0 Å². The van der Waals surface area contributed by atoms with E-state index in [9.17, 15) is 0 Å². The average molecular weight is 469 g/mol. The van der Waals surface area contributed by atoms with Crippen LogP contribution in [0.5, 0.6) is 0 Å². The van der Waals surface area contributed by atoms with Gasteiger partial charge in [0.1, 0.15) is 0 Å². The van der Waals surface area contributed by atoms with E-state index in [1.165, 1.54) is 5.56 Å². The smallest absolute Gasteiger partial charge is 6.00 e. The fraction of sp³-hybridized carbons (Fsp3) is 0.111. The van der Waals surface area contributed by atoms with Gasteiger partial charge in [-0.05, 0) is 6.92 Å². The first-order valence-electron chi connectivity index (χ1n) is 3.95. The van der Waals surface area contributed by atoms with Gasteiger partial charge in [0.2, 0.25) is 0 Å². The van der Waals surface area contributed by atoms with E-state index in [2.05, 4.69) is 32.4 Å². The SMILES string of the molecule is Cc1ccccc1.Cl[Si](Cl)Cl.Cl[Si](Cl)Cl.[C-]#[O+].[C-]#[O+].[Cr+6]. The number of benzene rings is 1. The zero-order valence-corrected chi connectivity index (χ0v) is 17.7. The summed E-state index contributed by atoms with van der Waals surface area (Å²) in [5, 5.41) is 0. The molecule has 0 saturated heterocycles. The van der Waals surface area contributed by atoms with E-state index in [4.69, 9.17) is 75.8 Å². The van der Waals surface area contributed by atoms with Gasteiger partial charge in [0.05, 0.1) is 0 Å². The molecule has 0 spiro atoms. The average Bonchev–Trinajstić information content (AvgIpc) is 2.34. The van der Waals surface area contributed by atoms with Crippen molar-refractivity contribution in [2.24, 2.45) is 0 Å². The maximum Gasteiger partial charge on any atom is 6.00 e. The first-order chi connectivity index (χ1) is 8.86. The molecule has 2 nitrogen and oxygen atoms in total. The maximum atomic E-state index is 7.50. The van der Waals surface area contributed by atoms with Crippen molar-refractivity contribution in [3.8, 4) is 0 Å². The second-order valence-corrected chi connectivity index (χ2v) is 13.2. The number of aryl methyl sites for hydroxylation is 1. The van der Waals surface area contributed by atoms with Gasteiger partial charge in [0.15, 0.2) is 0 Å². The molecule has 0 N–H and O–H groups in total. The van der Waals surface area contributed by atoms with Crippen LogP contribution in [0.25, 0.3) is 0 Å². The summed E-state index contributed by atoms with van der Waals surface area (Å²) in [5.41, 5.74) is 1.32. The molecule has 0 bridgehead atoms. The Bertz CT molecular complexity index is 283. The van der Waals surface area contributed by atoms with Gasteiger partial charge in [-0.25, -0.2) is 0 Å². The van der Waals surface area contributed by atoms with Gasteiger partial charge in [0.25, 0.3) is 0 Å². The zero-order chi connectivity index (χ0) is 16.3. The molecule has 0 fully saturated rings. The standard InChI is InChI=1S/C7H8.2CO.2Cl3Si.Cr/c1-7-5-3-2-4-6-7;2*1-2;2*1-4(2)3;/h2-6H,1H3;;;;;/q;;;;;+6. The molecule has 20 heavy (non-hydrogen) atoms. The van der Waals surface area contributed by atoms with Crippen molar-refractivity contribution in [2.75, 3.05) is 0 Å². The van der Waals surface area contributed by atoms with E-state index in [-0.39, 0.29) is 17.4 Å². The molecular weight excluding hydrogens is 461 g/mol. The summed E-state index contributed by atoms with van der Waals surface area (Å²) in [4.78, 5) is 0. The van der Waals surface area contributed by atoms with Crippen LogP contribution in [0, 0.1) is 20.2 Å². The van der Waals surface area contributed by atoms with Crippen LogP contribution in [0.4, 0.5) is 0 Å². The number of rotatable bonds is 0. The largest absolute Gasteiger partial charge is 6.00 e. The molecular formula is C9H8Cl6CrO2Si2+6. The first kappa shape index (κ1) is 33.1. The van der Waals surface area contributed by atoms with Crippen LogP contribution in [-0.4, -0.2) is 13.5 Å². The molecule has 0 aliphatic heterocycles. The maximum absolute atomic E-state index is 7.50. The summed E-state index contributed by atoms with van der Waals surface area (Å²) >= 11 is 29.4. The van der Waals surface area contributed by atoms with E-state index in [1.54, 1.807) is 0 Å². The summed E-state index contributed by atoms with van der Waals surface area (Å²) < 4.78 is 15.0. The predicted octanol–water partition coefficient (Wildman–Crippen LogP) is 5.29. The minimum Gasteiger partial charge on any atom is 6.00 e. The van der Waals surface area contributed by atoms with Gasteiger partial charge in [-0.3, -0.25) is 0 Å². The third-order valence-corrected chi connectivity index (χ3v) is 0.940. The van der Waals surface area contributed by atoms with Crippen LogP contribution in [0.3, 0.4) is 0 Å².